The smallest absolute Gasteiger partial charge is 0.174 e. The number of hydrogen-bond acceptors (Lipinski definition) is 2. The molecule has 1 rings (SSSR count). The minimum atomic E-state index is -0.981. The van der Waals surface area contributed by atoms with Crippen LogP contribution in [0, 0.1) is 23.0 Å². The zero-order valence-corrected chi connectivity index (χ0v) is 6.05. The van der Waals surface area contributed by atoms with Crippen LogP contribution in [0.15, 0.2) is 18.2 Å². The second-order valence-corrected chi connectivity index (χ2v) is 2.02. The van der Waals surface area contributed by atoms with Crippen LogP contribution >= 0.6 is 0 Å². The van der Waals surface area contributed by atoms with Crippen molar-refractivity contribution < 1.29 is 13.5 Å². The van der Waals surface area contributed by atoms with Crippen molar-refractivity contribution >= 4 is 0 Å². The number of ether oxygens (including phenoxy) is 1. The van der Waals surface area contributed by atoms with Crippen LogP contribution in [0.5, 0.6) is 5.75 Å². The zero-order valence-electron chi connectivity index (χ0n) is 6.05. The molecule has 1 aromatic carbocycles. The van der Waals surface area contributed by atoms with Crippen molar-refractivity contribution in [2.45, 2.75) is 0 Å². The Balaban J connectivity index is 2.77. The van der Waals surface area contributed by atoms with E-state index in [0.29, 0.717) is 0 Å². The van der Waals surface area contributed by atoms with Crippen molar-refractivity contribution in [3.05, 3.63) is 29.8 Å². The van der Waals surface area contributed by atoms with Crippen LogP contribution in [0.4, 0.5) is 8.78 Å². The van der Waals surface area contributed by atoms with Gasteiger partial charge in [0.05, 0.1) is 0 Å². The van der Waals surface area contributed by atoms with Crippen LogP contribution in [0.2, 0.25) is 0 Å². The molecule has 0 radical (unpaired) electrons. The molecule has 0 aliphatic heterocycles. The third kappa shape index (κ3) is 1.92. The number of rotatable bonds is 2. The molecule has 0 heterocycles. The molecule has 0 aliphatic carbocycles. The summed E-state index contributed by atoms with van der Waals surface area (Å²) in [6.45, 7) is -0.176. The predicted molar refractivity (Wildman–Crippen MR) is 37.5 cm³/mol. The highest BCUT2D eigenvalue weighted by Gasteiger charge is 2.02. The molecule has 1 aromatic rings. The summed E-state index contributed by atoms with van der Waals surface area (Å²) in [6.07, 6.45) is 0. The van der Waals surface area contributed by atoms with Crippen LogP contribution < -0.4 is 4.74 Å². The van der Waals surface area contributed by atoms with Gasteiger partial charge in [0.1, 0.15) is 11.8 Å². The molecule has 0 saturated carbocycles. The third-order valence-corrected chi connectivity index (χ3v) is 1.19. The molecule has 62 valence electrons. The van der Waals surface area contributed by atoms with Gasteiger partial charge in [0, 0.05) is 6.07 Å². The fourth-order valence-electron chi connectivity index (χ4n) is 0.682. The summed E-state index contributed by atoms with van der Waals surface area (Å²) in [5.41, 5.74) is 0. The lowest BCUT2D eigenvalue weighted by atomic mass is 10.3. The SMILES string of the molecule is N#CCOc1ccc(F)c(F)c1. The highest BCUT2D eigenvalue weighted by atomic mass is 19.2. The maximum absolute atomic E-state index is 12.5. The summed E-state index contributed by atoms with van der Waals surface area (Å²) in [4.78, 5) is 0. The van der Waals surface area contributed by atoms with Gasteiger partial charge in [-0.15, -0.1) is 0 Å². The van der Waals surface area contributed by atoms with E-state index in [1.165, 1.54) is 6.07 Å². The minimum absolute atomic E-state index is 0.149. The first-order valence-corrected chi connectivity index (χ1v) is 3.19. The maximum atomic E-state index is 12.5. The van der Waals surface area contributed by atoms with Gasteiger partial charge in [0.25, 0.3) is 0 Å². The molecule has 0 atom stereocenters. The number of benzene rings is 1. The van der Waals surface area contributed by atoms with Gasteiger partial charge in [-0.3, -0.25) is 0 Å². The first-order valence-electron chi connectivity index (χ1n) is 3.19. The average molecular weight is 169 g/mol. The Morgan fingerprint density at radius 1 is 1.33 bits per heavy atom. The zero-order chi connectivity index (χ0) is 8.97. The maximum Gasteiger partial charge on any atom is 0.174 e. The van der Waals surface area contributed by atoms with Gasteiger partial charge in [-0.1, -0.05) is 0 Å². The van der Waals surface area contributed by atoms with Crippen molar-refractivity contribution in [3.8, 4) is 11.8 Å². The van der Waals surface area contributed by atoms with Crippen LogP contribution in [-0.2, 0) is 0 Å². The molecule has 0 amide bonds. The molecule has 0 unspecified atom stereocenters. The van der Waals surface area contributed by atoms with Gasteiger partial charge in [0.15, 0.2) is 18.2 Å². The second-order valence-electron chi connectivity index (χ2n) is 2.02. The highest BCUT2D eigenvalue weighted by molar-refractivity contribution is 5.23. The summed E-state index contributed by atoms with van der Waals surface area (Å²) >= 11 is 0. The van der Waals surface area contributed by atoms with Crippen molar-refractivity contribution in [2.75, 3.05) is 6.61 Å². The molecule has 12 heavy (non-hydrogen) atoms. The van der Waals surface area contributed by atoms with E-state index in [1.807, 2.05) is 0 Å². The van der Waals surface area contributed by atoms with E-state index in [2.05, 4.69) is 0 Å². The second kappa shape index (κ2) is 3.67. The standard InChI is InChI=1S/C8H5F2NO/c9-7-2-1-6(5-8(7)10)12-4-3-11/h1-2,5H,4H2. The molecule has 4 heteroatoms. The molecule has 2 nitrogen and oxygen atoms in total. The van der Waals surface area contributed by atoms with Crippen LogP contribution in [-0.4, -0.2) is 6.61 Å². The molecule has 0 aromatic heterocycles. The van der Waals surface area contributed by atoms with Crippen LogP contribution in [0.3, 0.4) is 0 Å². The van der Waals surface area contributed by atoms with Crippen molar-refractivity contribution in [1.29, 1.82) is 5.26 Å². The van der Waals surface area contributed by atoms with E-state index in [-0.39, 0.29) is 12.4 Å². The lowest BCUT2D eigenvalue weighted by Crippen LogP contribution is -1.94. The highest BCUT2D eigenvalue weighted by Crippen LogP contribution is 2.14. The Bertz CT molecular complexity index is 319. The Labute approximate surface area is 68.0 Å². The molecule has 0 fully saturated rings. The fourth-order valence-corrected chi connectivity index (χ4v) is 0.682. The first kappa shape index (κ1) is 8.47. The topological polar surface area (TPSA) is 33.0 Å². The molecule has 0 bridgehead atoms. The lowest BCUT2D eigenvalue weighted by Gasteiger charge is -2.00. The Hall–Kier alpha value is -1.63. The molecule has 0 aliphatic rings. The normalized spacial score (nSPS) is 9.08. The fraction of sp³-hybridized carbons (Fsp3) is 0.125. The monoisotopic (exact) mass is 169 g/mol. The van der Waals surface area contributed by atoms with Crippen LogP contribution in [0.25, 0.3) is 0 Å². The van der Waals surface area contributed by atoms with Crippen molar-refractivity contribution in [3.63, 3.8) is 0 Å². The van der Waals surface area contributed by atoms with E-state index in [9.17, 15) is 8.78 Å². The molecule has 0 N–H and O–H groups in total. The lowest BCUT2D eigenvalue weighted by molar-refractivity contribution is 0.363. The third-order valence-electron chi connectivity index (χ3n) is 1.19. The van der Waals surface area contributed by atoms with E-state index >= 15 is 0 Å². The van der Waals surface area contributed by atoms with E-state index in [0.717, 1.165) is 12.1 Å². The Morgan fingerprint density at radius 3 is 2.67 bits per heavy atom. The average Bonchev–Trinajstić information content (AvgIpc) is 2.07. The summed E-state index contributed by atoms with van der Waals surface area (Å²) in [7, 11) is 0. The van der Waals surface area contributed by atoms with Gasteiger partial charge in [0.2, 0.25) is 0 Å². The van der Waals surface area contributed by atoms with Crippen molar-refractivity contribution in [1.82, 2.24) is 0 Å². The quantitative estimate of drug-likeness (QED) is 0.677. The summed E-state index contributed by atoms with van der Waals surface area (Å²) in [6, 6.07) is 4.81. The summed E-state index contributed by atoms with van der Waals surface area (Å²) < 4.78 is 29.5. The molecule has 0 spiro atoms. The molecular formula is C8H5F2NO. The van der Waals surface area contributed by atoms with E-state index in [1.54, 1.807) is 6.07 Å². The number of nitrogens with zero attached hydrogens (tertiary/aromatic N) is 1. The number of nitriles is 1. The number of halogens is 2. The number of hydrogen-bond donors (Lipinski definition) is 0. The van der Waals surface area contributed by atoms with Crippen molar-refractivity contribution in [2.24, 2.45) is 0 Å². The van der Waals surface area contributed by atoms with Gasteiger partial charge in [-0.2, -0.15) is 5.26 Å². The largest absolute Gasteiger partial charge is 0.479 e. The Morgan fingerprint density at radius 2 is 2.08 bits per heavy atom. The van der Waals surface area contributed by atoms with E-state index in [4.69, 9.17) is 10.00 Å². The van der Waals surface area contributed by atoms with Crippen LogP contribution in [0.1, 0.15) is 0 Å². The minimum Gasteiger partial charge on any atom is -0.479 e. The summed E-state index contributed by atoms with van der Waals surface area (Å²) in [5.74, 6) is -1.76. The van der Waals surface area contributed by atoms with Gasteiger partial charge in [-0.25, -0.2) is 8.78 Å². The molecule has 0 saturated heterocycles. The first-order chi connectivity index (χ1) is 5.74. The molecular weight excluding hydrogens is 164 g/mol. The van der Waals surface area contributed by atoms with Gasteiger partial charge >= 0.3 is 0 Å². The van der Waals surface area contributed by atoms with Gasteiger partial charge < -0.3 is 4.74 Å². The summed E-state index contributed by atoms with van der Waals surface area (Å²) in [5, 5.41) is 8.11. The predicted octanol–water partition coefficient (Wildman–Crippen LogP) is 1.87. The van der Waals surface area contributed by atoms with Gasteiger partial charge in [-0.05, 0) is 12.1 Å². The Kier molecular flexibility index (Phi) is 2.59. The van der Waals surface area contributed by atoms with E-state index < -0.39 is 11.6 Å².